The Morgan fingerprint density at radius 1 is 1.00 bits per heavy atom. The highest BCUT2D eigenvalue weighted by Gasteiger charge is 2.80. The molecular weight excluding hydrogens is 252 g/mol. The standard InChI is InChI=1S/C14H9ClO3/c15-8-3-4-9-10(7-8)12(17)14-6-2-1-5-13(14,18-14)11(9)16/h1-4,7H,5-6H2. The molecule has 0 N–H and O–H groups in total. The summed E-state index contributed by atoms with van der Waals surface area (Å²) in [4.78, 5) is 25.0. The molecule has 3 aliphatic rings. The first-order valence-corrected chi connectivity index (χ1v) is 6.23. The highest BCUT2D eigenvalue weighted by atomic mass is 35.5. The van der Waals surface area contributed by atoms with Gasteiger partial charge in [-0.2, -0.15) is 0 Å². The van der Waals surface area contributed by atoms with E-state index in [0.29, 0.717) is 29.0 Å². The summed E-state index contributed by atoms with van der Waals surface area (Å²) in [6.07, 6.45) is 4.78. The van der Waals surface area contributed by atoms with Crippen LogP contribution in [0.5, 0.6) is 0 Å². The minimum atomic E-state index is -0.948. The maximum Gasteiger partial charge on any atom is 0.199 e. The number of ketones is 2. The monoisotopic (exact) mass is 260 g/mol. The summed E-state index contributed by atoms with van der Waals surface area (Å²) in [6, 6.07) is 4.82. The van der Waals surface area contributed by atoms with Crippen LogP contribution in [0.4, 0.5) is 0 Å². The van der Waals surface area contributed by atoms with Crippen molar-refractivity contribution in [3.8, 4) is 0 Å². The number of hydrogen-bond acceptors (Lipinski definition) is 3. The van der Waals surface area contributed by atoms with Gasteiger partial charge in [-0.15, -0.1) is 0 Å². The number of carbonyl (C=O) groups is 2. The zero-order valence-electron chi connectivity index (χ0n) is 9.40. The summed E-state index contributed by atoms with van der Waals surface area (Å²) < 4.78 is 5.66. The number of Topliss-reactive ketones (excluding diaryl/α,β-unsaturated/α-hetero) is 2. The minimum Gasteiger partial charge on any atom is -0.344 e. The van der Waals surface area contributed by atoms with Gasteiger partial charge in [-0.1, -0.05) is 23.8 Å². The molecule has 1 aromatic rings. The quantitative estimate of drug-likeness (QED) is 0.532. The Morgan fingerprint density at radius 3 is 2.28 bits per heavy atom. The fourth-order valence-electron chi connectivity index (χ4n) is 3.17. The van der Waals surface area contributed by atoms with Crippen molar-refractivity contribution in [3.05, 3.63) is 46.5 Å². The third-order valence-electron chi connectivity index (χ3n) is 4.14. The van der Waals surface area contributed by atoms with Crippen molar-refractivity contribution < 1.29 is 14.3 Å². The average Bonchev–Trinajstić information content (AvgIpc) is 3.08. The number of halogens is 1. The van der Waals surface area contributed by atoms with E-state index in [0.717, 1.165) is 0 Å². The Morgan fingerprint density at radius 2 is 1.61 bits per heavy atom. The van der Waals surface area contributed by atoms with Gasteiger partial charge in [0.15, 0.2) is 22.8 Å². The van der Waals surface area contributed by atoms with Gasteiger partial charge in [-0.3, -0.25) is 9.59 Å². The lowest BCUT2D eigenvalue weighted by atomic mass is 9.69. The molecule has 1 fully saturated rings. The van der Waals surface area contributed by atoms with Crippen molar-refractivity contribution in [2.45, 2.75) is 24.0 Å². The molecule has 4 rings (SSSR count). The first kappa shape index (κ1) is 10.5. The van der Waals surface area contributed by atoms with Crippen molar-refractivity contribution in [1.82, 2.24) is 0 Å². The zero-order valence-corrected chi connectivity index (χ0v) is 10.2. The van der Waals surface area contributed by atoms with Crippen molar-refractivity contribution in [2.75, 3.05) is 0 Å². The van der Waals surface area contributed by atoms with Gasteiger partial charge in [0.25, 0.3) is 0 Å². The molecule has 0 amide bonds. The van der Waals surface area contributed by atoms with Crippen LogP contribution in [0, 0.1) is 0 Å². The number of benzene rings is 1. The molecule has 0 saturated carbocycles. The van der Waals surface area contributed by atoms with Crippen LogP contribution in [0.3, 0.4) is 0 Å². The van der Waals surface area contributed by atoms with Crippen molar-refractivity contribution in [3.63, 3.8) is 0 Å². The third kappa shape index (κ3) is 0.932. The van der Waals surface area contributed by atoms with Gasteiger partial charge in [0, 0.05) is 29.0 Å². The van der Waals surface area contributed by atoms with Crippen LogP contribution in [-0.4, -0.2) is 22.8 Å². The molecule has 18 heavy (non-hydrogen) atoms. The van der Waals surface area contributed by atoms with Gasteiger partial charge in [-0.05, 0) is 18.2 Å². The molecule has 0 radical (unpaired) electrons. The van der Waals surface area contributed by atoms with Gasteiger partial charge in [0.05, 0.1) is 0 Å². The number of carbonyl (C=O) groups excluding carboxylic acids is 2. The van der Waals surface area contributed by atoms with E-state index in [1.165, 1.54) is 0 Å². The van der Waals surface area contributed by atoms with Crippen molar-refractivity contribution in [1.29, 1.82) is 0 Å². The summed E-state index contributed by atoms with van der Waals surface area (Å²) in [5.74, 6) is -0.193. The number of hydrogen-bond donors (Lipinski definition) is 0. The third-order valence-corrected chi connectivity index (χ3v) is 4.38. The maximum atomic E-state index is 12.5. The lowest BCUT2D eigenvalue weighted by molar-refractivity contribution is 0.0837. The van der Waals surface area contributed by atoms with E-state index in [1.807, 2.05) is 12.2 Å². The Bertz CT molecular complexity index is 648. The van der Waals surface area contributed by atoms with Crippen LogP contribution < -0.4 is 0 Å². The van der Waals surface area contributed by atoms with Crippen LogP contribution in [0.2, 0.25) is 5.02 Å². The number of epoxide rings is 1. The molecule has 1 heterocycles. The predicted molar refractivity (Wildman–Crippen MR) is 65.0 cm³/mol. The number of rotatable bonds is 0. The normalized spacial score (nSPS) is 35.8. The highest BCUT2D eigenvalue weighted by Crippen LogP contribution is 2.61. The summed E-state index contributed by atoms with van der Waals surface area (Å²) in [5.41, 5.74) is -1.04. The Hall–Kier alpha value is -1.45. The topological polar surface area (TPSA) is 46.7 Å². The second-order valence-electron chi connectivity index (χ2n) is 4.98. The van der Waals surface area contributed by atoms with Crippen LogP contribution in [-0.2, 0) is 4.74 Å². The van der Waals surface area contributed by atoms with Crippen LogP contribution in [0.25, 0.3) is 0 Å². The molecule has 1 aromatic carbocycles. The van der Waals surface area contributed by atoms with Crippen molar-refractivity contribution in [2.24, 2.45) is 0 Å². The first-order chi connectivity index (χ1) is 8.61. The lowest BCUT2D eigenvalue weighted by Crippen LogP contribution is -2.45. The second kappa shape index (κ2) is 2.92. The molecule has 4 heteroatoms. The molecule has 0 bridgehead atoms. The van der Waals surface area contributed by atoms with Crippen LogP contribution in [0.15, 0.2) is 30.4 Å². The average molecular weight is 261 g/mol. The van der Waals surface area contributed by atoms with Gasteiger partial charge < -0.3 is 4.74 Å². The number of ether oxygens (including phenoxy) is 1. The molecule has 2 unspecified atom stereocenters. The second-order valence-corrected chi connectivity index (χ2v) is 5.42. The molecule has 2 atom stereocenters. The Balaban J connectivity index is 1.99. The zero-order chi connectivity index (χ0) is 12.5. The fourth-order valence-corrected chi connectivity index (χ4v) is 3.34. The summed E-state index contributed by atoms with van der Waals surface area (Å²) >= 11 is 5.90. The Labute approximate surface area is 108 Å². The van der Waals surface area contributed by atoms with E-state index in [2.05, 4.69) is 0 Å². The predicted octanol–water partition coefficient (Wildman–Crippen LogP) is 2.58. The minimum absolute atomic E-state index is 0.0851. The molecule has 1 aliphatic heterocycles. The lowest BCUT2D eigenvalue weighted by Gasteiger charge is -2.25. The summed E-state index contributed by atoms with van der Waals surface area (Å²) in [5, 5.41) is 0.464. The maximum absolute atomic E-state index is 12.5. The van der Waals surface area contributed by atoms with E-state index in [1.54, 1.807) is 18.2 Å². The van der Waals surface area contributed by atoms with E-state index in [-0.39, 0.29) is 11.6 Å². The molecule has 1 saturated heterocycles. The molecule has 0 spiro atoms. The highest BCUT2D eigenvalue weighted by molar-refractivity contribution is 6.32. The van der Waals surface area contributed by atoms with Gasteiger partial charge >= 0.3 is 0 Å². The summed E-state index contributed by atoms with van der Waals surface area (Å²) in [7, 11) is 0. The van der Waals surface area contributed by atoms with E-state index in [4.69, 9.17) is 16.3 Å². The molecule has 90 valence electrons. The number of fused-ring (bicyclic) bond motifs is 1. The largest absolute Gasteiger partial charge is 0.344 e. The molecule has 0 aromatic heterocycles. The van der Waals surface area contributed by atoms with Gasteiger partial charge in [-0.25, -0.2) is 0 Å². The fraction of sp³-hybridized carbons (Fsp3) is 0.286. The molecule has 2 aliphatic carbocycles. The van der Waals surface area contributed by atoms with E-state index in [9.17, 15) is 9.59 Å². The SMILES string of the molecule is O=C1c2ccc(Cl)cc2C(=O)C23CC=CCC12O3. The van der Waals surface area contributed by atoms with Gasteiger partial charge in [0.1, 0.15) is 0 Å². The van der Waals surface area contributed by atoms with Crippen molar-refractivity contribution >= 4 is 23.2 Å². The van der Waals surface area contributed by atoms with Gasteiger partial charge in [0.2, 0.25) is 0 Å². The molecular formula is C14H9ClO3. The van der Waals surface area contributed by atoms with E-state index >= 15 is 0 Å². The smallest absolute Gasteiger partial charge is 0.199 e. The van der Waals surface area contributed by atoms with Crippen LogP contribution >= 0.6 is 11.6 Å². The van der Waals surface area contributed by atoms with E-state index < -0.39 is 11.2 Å². The summed E-state index contributed by atoms with van der Waals surface area (Å²) in [6.45, 7) is 0. The molecule has 3 nitrogen and oxygen atoms in total. The Kier molecular flexibility index (Phi) is 1.70. The van der Waals surface area contributed by atoms with Crippen LogP contribution in [0.1, 0.15) is 33.6 Å². The first-order valence-electron chi connectivity index (χ1n) is 5.85.